The zero-order valence-electron chi connectivity index (χ0n) is 12.5. The van der Waals surface area contributed by atoms with E-state index in [9.17, 15) is 0 Å². The van der Waals surface area contributed by atoms with Crippen molar-refractivity contribution in [1.82, 2.24) is 4.98 Å². The van der Waals surface area contributed by atoms with E-state index in [0.29, 0.717) is 5.75 Å². The molecule has 1 aromatic carbocycles. The number of unbranched alkanes of at least 4 members (excludes halogenated alkanes) is 2. The smallest absolute Gasteiger partial charge is 0.161 e. The van der Waals surface area contributed by atoms with Crippen LogP contribution in [0, 0.1) is 12.3 Å². The number of nitrogens with one attached hydrogen (secondary N) is 1. The molecule has 0 unspecified atom stereocenters. The monoisotopic (exact) mass is 284 g/mol. The number of nitrogens with zero attached hydrogens (tertiary/aromatic N) is 1. The first-order valence-electron chi connectivity index (χ1n) is 6.98. The van der Waals surface area contributed by atoms with Crippen LogP contribution in [-0.4, -0.2) is 25.7 Å². The van der Waals surface area contributed by atoms with E-state index in [4.69, 9.17) is 15.9 Å². The van der Waals surface area contributed by atoms with Crippen LogP contribution in [0.3, 0.4) is 0 Å². The minimum atomic E-state index is 0.702. The average molecular weight is 284 g/mol. The molecule has 0 amide bonds. The molecule has 0 aliphatic rings. The Morgan fingerprint density at radius 3 is 2.67 bits per heavy atom. The van der Waals surface area contributed by atoms with Gasteiger partial charge < -0.3 is 14.8 Å². The molecule has 2 aromatic rings. The van der Waals surface area contributed by atoms with Crippen molar-refractivity contribution in [2.75, 3.05) is 26.1 Å². The molecule has 2 rings (SSSR count). The lowest BCUT2D eigenvalue weighted by Crippen LogP contribution is -2.04. The second-order valence-corrected chi connectivity index (χ2v) is 4.68. The molecule has 0 spiro atoms. The summed E-state index contributed by atoms with van der Waals surface area (Å²) in [6.07, 6.45) is 9.89. The Labute approximate surface area is 125 Å². The second kappa shape index (κ2) is 7.39. The number of anilines is 1. The highest BCUT2D eigenvalue weighted by Crippen LogP contribution is 2.34. The standard InChI is InChI=1S/C17H20N2O2/c1-4-5-6-7-9-18-17-14-12-16(21-3)15(20-2)11-13(14)8-10-19-17/h1,8,10-12H,5-7,9H2,2-3H3,(H,18,19). The number of methoxy groups -OCH3 is 2. The lowest BCUT2D eigenvalue weighted by Gasteiger charge is -2.12. The van der Waals surface area contributed by atoms with Crippen LogP contribution in [0.25, 0.3) is 10.8 Å². The fourth-order valence-corrected chi connectivity index (χ4v) is 2.20. The summed E-state index contributed by atoms with van der Waals surface area (Å²) in [6, 6.07) is 5.87. The number of ether oxygens (including phenoxy) is 2. The van der Waals surface area contributed by atoms with Gasteiger partial charge in [-0.1, -0.05) is 0 Å². The maximum Gasteiger partial charge on any atom is 0.161 e. The van der Waals surface area contributed by atoms with Gasteiger partial charge in [-0.25, -0.2) is 4.98 Å². The Morgan fingerprint density at radius 1 is 1.19 bits per heavy atom. The second-order valence-electron chi connectivity index (χ2n) is 4.68. The largest absolute Gasteiger partial charge is 0.493 e. The van der Waals surface area contributed by atoms with E-state index in [1.165, 1.54) is 0 Å². The highest BCUT2D eigenvalue weighted by Gasteiger charge is 2.09. The van der Waals surface area contributed by atoms with Crippen LogP contribution in [0.5, 0.6) is 11.5 Å². The van der Waals surface area contributed by atoms with Crippen LogP contribution in [0.1, 0.15) is 19.3 Å². The number of rotatable bonds is 7. The fraction of sp³-hybridized carbons (Fsp3) is 0.353. The van der Waals surface area contributed by atoms with Gasteiger partial charge in [-0.05, 0) is 36.4 Å². The van der Waals surface area contributed by atoms with Gasteiger partial charge in [0.25, 0.3) is 0 Å². The summed E-state index contributed by atoms with van der Waals surface area (Å²) in [6.45, 7) is 0.849. The first-order chi connectivity index (χ1) is 10.3. The Balaban J connectivity index is 2.22. The molecule has 0 bridgehead atoms. The minimum Gasteiger partial charge on any atom is -0.493 e. The molecular formula is C17H20N2O2. The quantitative estimate of drug-likeness (QED) is 0.624. The summed E-state index contributed by atoms with van der Waals surface area (Å²) in [5.74, 6) is 4.93. The van der Waals surface area contributed by atoms with Gasteiger partial charge in [0.15, 0.2) is 11.5 Å². The molecule has 0 radical (unpaired) electrons. The molecule has 4 nitrogen and oxygen atoms in total. The molecule has 1 N–H and O–H groups in total. The molecule has 110 valence electrons. The van der Waals surface area contributed by atoms with Crippen molar-refractivity contribution in [2.45, 2.75) is 19.3 Å². The van der Waals surface area contributed by atoms with Crippen molar-refractivity contribution in [1.29, 1.82) is 0 Å². The average Bonchev–Trinajstić information content (AvgIpc) is 2.53. The van der Waals surface area contributed by atoms with Crippen LogP contribution in [0.2, 0.25) is 0 Å². The number of pyridine rings is 1. The van der Waals surface area contributed by atoms with Gasteiger partial charge >= 0.3 is 0 Å². The highest BCUT2D eigenvalue weighted by molar-refractivity contribution is 5.94. The number of terminal acetylenes is 1. The Kier molecular flexibility index (Phi) is 5.28. The zero-order valence-corrected chi connectivity index (χ0v) is 12.5. The van der Waals surface area contributed by atoms with Gasteiger partial charge in [0.05, 0.1) is 14.2 Å². The molecule has 0 aliphatic heterocycles. The molecule has 1 heterocycles. The Morgan fingerprint density at radius 2 is 1.95 bits per heavy atom. The molecule has 0 fully saturated rings. The van der Waals surface area contributed by atoms with Crippen molar-refractivity contribution in [3.63, 3.8) is 0 Å². The molecule has 0 atom stereocenters. The van der Waals surface area contributed by atoms with Crippen LogP contribution >= 0.6 is 0 Å². The maximum absolute atomic E-state index is 5.35. The van der Waals surface area contributed by atoms with Crippen LogP contribution in [0.4, 0.5) is 5.82 Å². The summed E-state index contributed by atoms with van der Waals surface area (Å²) >= 11 is 0. The van der Waals surface area contributed by atoms with Crippen molar-refractivity contribution in [2.24, 2.45) is 0 Å². The van der Waals surface area contributed by atoms with Gasteiger partial charge in [0.1, 0.15) is 5.82 Å². The van der Waals surface area contributed by atoms with Gasteiger partial charge in [-0.2, -0.15) is 0 Å². The van der Waals surface area contributed by atoms with Crippen LogP contribution < -0.4 is 14.8 Å². The normalized spacial score (nSPS) is 10.1. The SMILES string of the molecule is C#CCCCCNc1nccc2cc(OC)c(OC)cc12. The van der Waals surface area contributed by atoms with Gasteiger partial charge in [0.2, 0.25) is 0 Å². The van der Waals surface area contributed by atoms with E-state index in [-0.39, 0.29) is 0 Å². The van der Waals surface area contributed by atoms with Crippen LogP contribution in [-0.2, 0) is 0 Å². The van der Waals surface area contributed by atoms with Crippen molar-refractivity contribution in [3.8, 4) is 23.8 Å². The Bertz CT molecular complexity index is 647. The third kappa shape index (κ3) is 3.57. The summed E-state index contributed by atoms with van der Waals surface area (Å²) < 4.78 is 10.7. The lowest BCUT2D eigenvalue weighted by molar-refractivity contribution is 0.356. The summed E-state index contributed by atoms with van der Waals surface area (Å²) in [7, 11) is 3.27. The van der Waals surface area contributed by atoms with Gasteiger partial charge in [-0.15, -0.1) is 12.3 Å². The number of aromatic nitrogens is 1. The summed E-state index contributed by atoms with van der Waals surface area (Å²) in [5.41, 5.74) is 0. The molecular weight excluding hydrogens is 264 g/mol. The van der Waals surface area contributed by atoms with E-state index in [0.717, 1.165) is 48.1 Å². The molecule has 0 saturated carbocycles. The number of fused-ring (bicyclic) bond motifs is 1. The molecule has 4 heteroatoms. The van der Waals surface area contributed by atoms with Crippen LogP contribution in [0.15, 0.2) is 24.4 Å². The summed E-state index contributed by atoms with van der Waals surface area (Å²) in [5, 5.41) is 5.44. The third-order valence-electron chi connectivity index (χ3n) is 3.31. The molecule has 0 aliphatic carbocycles. The van der Waals surface area contributed by atoms with E-state index < -0.39 is 0 Å². The first kappa shape index (κ1) is 15.0. The number of benzene rings is 1. The Hall–Kier alpha value is -2.41. The minimum absolute atomic E-state index is 0.702. The van der Waals surface area contributed by atoms with E-state index in [1.807, 2.05) is 18.2 Å². The predicted molar refractivity (Wildman–Crippen MR) is 86.0 cm³/mol. The maximum atomic E-state index is 5.35. The van der Waals surface area contributed by atoms with Crippen molar-refractivity contribution < 1.29 is 9.47 Å². The lowest BCUT2D eigenvalue weighted by atomic mass is 10.1. The van der Waals surface area contributed by atoms with E-state index >= 15 is 0 Å². The third-order valence-corrected chi connectivity index (χ3v) is 3.31. The molecule has 0 saturated heterocycles. The van der Waals surface area contributed by atoms with E-state index in [2.05, 4.69) is 16.2 Å². The first-order valence-corrected chi connectivity index (χ1v) is 6.98. The van der Waals surface area contributed by atoms with Gasteiger partial charge in [0, 0.05) is 24.5 Å². The zero-order chi connectivity index (χ0) is 15.1. The fourth-order valence-electron chi connectivity index (χ4n) is 2.20. The summed E-state index contributed by atoms with van der Waals surface area (Å²) in [4.78, 5) is 4.41. The van der Waals surface area contributed by atoms with Crippen molar-refractivity contribution in [3.05, 3.63) is 24.4 Å². The van der Waals surface area contributed by atoms with Gasteiger partial charge in [-0.3, -0.25) is 0 Å². The molecule has 1 aromatic heterocycles. The molecule has 21 heavy (non-hydrogen) atoms. The van der Waals surface area contributed by atoms with Crippen molar-refractivity contribution >= 4 is 16.6 Å². The predicted octanol–water partition coefficient (Wildman–Crippen LogP) is 3.47. The highest BCUT2D eigenvalue weighted by atomic mass is 16.5. The van der Waals surface area contributed by atoms with E-state index in [1.54, 1.807) is 20.4 Å². The topological polar surface area (TPSA) is 43.4 Å². The number of hydrogen-bond acceptors (Lipinski definition) is 4. The number of hydrogen-bond donors (Lipinski definition) is 1.